The van der Waals surface area contributed by atoms with Crippen molar-refractivity contribution < 1.29 is 45.0 Å². The van der Waals surface area contributed by atoms with Crippen molar-refractivity contribution in [3.8, 4) is 34.5 Å². The van der Waals surface area contributed by atoms with Crippen molar-refractivity contribution in [3.05, 3.63) is 174 Å². The maximum absolute atomic E-state index is 19.1. The number of phenolic OH excluding ortho intramolecular Hbond substituents is 6. The molecule has 6 atom stereocenters. The molecule has 0 spiro atoms. The van der Waals surface area contributed by atoms with Crippen LogP contribution in [-0.4, -0.2) is 81.6 Å². The molecule has 6 unspecified atom stereocenters. The highest BCUT2D eigenvalue weighted by Gasteiger charge is 2.60. The Kier molecular flexibility index (Phi) is 26.1. The normalized spacial score (nSPS) is 18.0. The van der Waals surface area contributed by atoms with Crippen molar-refractivity contribution in [2.45, 2.75) is 392 Å². The fourth-order valence-corrected chi connectivity index (χ4v) is 17.3. The van der Waals surface area contributed by atoms with Gasteiger partial charge in [-0.3, -0.25) is 29.1 Å². The first-order chi connectivity index (χ1) is 51.1. The van der Waals surface area contributed by atoms with E-state index in [2.05, 4.69) is 244 Å². The third-order valence-corrected chi connectivity index (χ3v) is 23.7. The minimum absolute atomic E-state index is 0.0868. The van der Waals surface area contributed by atoms with Gasteiger partial charge in [0.15, 0.2) is 0 Å². The van der Waals surface area contributed by atoms with E-state index in [1.54, 1.807) is 18.2 Å². The molecule has 6 aromatic carbocycles. The first-order valence-electron chi connectivity index (χ1n) is 42.2. The van der Waals surface area contributed by atoms with Gasteiger partial charge < -0.3 is 30.6 Å². The van der Waals surface area contributed by atoms with Crippen molar-refractivity contribution in [2.24, 2.45) is 16.2 Å². The summed E-state index contributed by atoms with van der Waals surface area (Å²) in [4.78, 5) is 63.2. The molecule has 630 valence electrons. The van der Waals surface area contributed by atoms with Crippen LogP contribution in [0.1, 0.15) is 408 Å². The zero-order chi connectivity index (χ0) is 87.5. The van der Waals surface area contributed by atoms with Crippen LogP contribution in [0, 0.1) is 16.2 Å². The van der Waals surface area contributed by atoms with E-state index in [1.807, 2.05) is 113 Å². The second-order valence-corrected chi connectivity index (χ2v) is 47.3. The van der Waals surface area contributed by atoms with Crippen LogP contribution in [0.3, 0.4) is 0 Å². The van der Waals surface area contributed by atoms with Crippen LogP contribution in [0.25, 0.3) is 0 Å². The summed E-state index contributed by atoms with van der Waals surface area (Å²) < 4.78 is 0. The SMILES string of the molecule is CC(c1cc(C(C)(C)C)c(O)c(C(C)(C)C)c1)C1N(C(=O)C(CC(C)(C)C)c2ccc(O)c(C(C)(C)C)c2)C(C(C)c2cc(C(C)(C)C)c(O)c(C(C)(C)C)c2)N(C(=O)C(CC(C)(C)C)c2ccc(O)c(C(C)(C)C)c2)C(C(C)c2cc(C(C)(C)C)c(O)c(C(C)(C)C)c2)N1C(=O)C(CC(C)(C)C)c1ccc(O)c(C(C)(C)C)c1. The molecule has 0 bridgehead atoms. The lowest BCUT2D eigenvalue weighted by atomic mass is 9.73. The van der Waals surface area contributed by atoms with Crippen molar-refractivity contribution in [1.82, 2.24) is 14.7 Å². The first-order valence-corrected chi connectivity index (χ1v) is 42.2. The fourth-order valence-electron chi connectivity index (χ4n) is 17.3. The quantitative estimate of drug-likeness (QED) is 0.0583. The zero-order valence-electron chi connectivity index (χ0n) is 78.2. The van der Waals surface area contributed by atoms with Crippen LogP contribution >= 0.6 is 0 Å². The van der Waals surface area contributed by atoms with Crippen molar-refractivity contribution in [3.63, 3.8) is 0 Å². The summed E-state index contributed by atoms with van der Waals surface area (Å²) in [5.74, 6) is -6.01. The van der Waals surface area contributed by atoms with Gasteiger partial charge in [0.1, 0.15) is 53.0 Å². The summed E-state index contributed by atoms with van der Waals surface area (Å²) >= 11 is 0. The maximum Gasteiger partial charge on any atom is 0.233 e. The van der Waals surface area contributed by atoms with Gasteiger partial charge in [-0.25, -0.2) is 0 Å². The van der Waals surface area contributed by atoms with E-state index >= 15 is 14.4 Å². The predicted octanol–water partition coefficient (Wildman–Crippen LogP) is 25.4. The fraction of sp³-hybridized carbons (Fsp3) is 0.618. The molecule has 6 aromatic rings. The van der Waals surface area contributed by atoms with E-state index in [9.17, 15) is 30.6 Å². The van der Waals surface area contributed by atoms with Crippen LogP contribution in [-0.2, 0) is 63.1 Å². The molecule has 12 nitrogen and oxygen atoms in total. The van der Waals surface area contributed by atoms with E-state index in [1.165, 1.54) is 0 Å². The number of amides is 3. The predicted molar refractivity (Wildman–Crippen MR) is 475 cm³/mol. The Hall–Kier alpha value is -7.47. The third-order valence-electron chi connectivity index (χ3n) is 23.7. The molecule has 0 saturated carbocycles. The van der Waals surface area contributed by atoms with Gasteiger partial charge in [-0.15, -0.1) is 0 Å². The largest absolute Gasteiger partial charge is 0.508 e. The summed E-state index contributed by atoms with van der Waals surface area (Å²) in [5, 5.41) is 75.0. The second-order valence-electron chi connectivity index (χ2n) is 47.3. The van der Waals surface area contributed by atoms with Crippen molar-refractivity contribution in [1.29, 1.82) is 0 Å². The molecule has 0 aromatic heterocycles. The Bertz CT molecular complexity index is 3930. The molecule has 3 amide bonds. The number of carbonyl (C=O) groups is 3. The van der Waals surface area contributed by atoms with E-state index < -0.39 is 119 Å². The molecule has 1 saturated heterocycles. The molecular weight excluding hydrogens is 1410 g/mol. The average Bonchev–Trinajstić information content (AvgIpc) is 0.704. The van der Waals surface area contributed by atoms with Gasteiger partial charge in [0.2, 0.25) is 17.7 Å². The van der Waals surface area contributed by atoms with Gasteiger partial charge in [0.05, 0.1) is 17.8 Å². The highest BCUT2D eigenvalue weighted by Crippen LogP contribution is 2.55. The first kappa shape index (κ1) is 93.7. The number of phenols is 6. The Morgan fingerprint density at radius 1 is 0.254 bits per heavy atom. The Balaban J connectivity index is 2.01. The minimum Gasteiger partial charge on any atom is -0.508 e. The summed E-state index contributed by atoms with van der Waals surface area (Å²) in [6.45, 7) is 81.6. The topological polar surface area (TPSA) is 182 Å². The van der Waals surface area contributed by atoms with E-state index in [-0.39, 0.29) is 71.5 Å². The van der Waals surface area contributed by atoms with Gasteiger partial charge in [-0.05, 0) is 186 Å². The number of nitrogens with zero attached hydrogens (tertiary/aromatic N) is 3. The third kappa shape index (κ3) is 20.7. The molecule has 12 heteroatoms. The van der Waals surface area contributed by atoms with Crippen LogP contribution in [0.2, 0.25) is 0 Å². The van der Waals surface area contributed by atoms with Crippen LogP contribution in [0.5, 0.6) is 34.5 Å². The standard InChI is InChI=1S/C102H153N3O9/c1-58(64-49-73(97(22,23)24)82(109)74(50-64)98(25,26)27)85-103(88(112)67(55-91(4,5)6)61-40-43-79(106)70(46-61)94(13,14)15)86(59(2)65-51-75(99(28,29)30)83(110)76(52-65)100(31,32)33)105(90(114)69(57-93(10,11)12)63-42-45-81(108)72(48-63)96(19,20)21)87(60(3)66-53-77(101(34,35)36)84(111)78(54-66)102(37,38)39)104(85)89(113)68(56-92(7,8)9)62-41-44-80(107)71(47-62)95(16,17)18/h40-54,58-60,67-69,85-87,106-111H,55-57H2,1-39H3. The summed E-state index contributed by atoms with van der Waals surface area (Å²) in [5.41, 5.74) is 2.76. The number of rotatable bonds is 15. The molecule has 1 aliphatic heterocycles. The van der Waals surface area contributed by atoms with Gasteiger partial charge >= 0.3 is 0 Å². The zero-order valence-corrected chi connectivity index (χ0v) is 78.2. The molecule has 1 fully saturated rings. The van der Waals surface area contributed by atoms with Gasteiger partial charge in [0.25, 0.3) is 0 Å². The summed E-state index contributed by atoms with van der Waals surface area (Å²) in [6, 6.07) is 29.1. The number of aromatic hydroxyl groups is 6. The molecular formula is C102H153N3O9. The lowest BCUT2D eigenvalue weighted by Gasteiger charge is -2.63. The van der Waals surface area contributed by atoms with E-state index in [0.29, 0.717) is 66.8 Å². The number of hydrogen-bond donors (Lipinski definition) is 6. The molecule has 6 N–H and O–H groups in total. The number of carbonyl (C=O) groups excluding carboxylic acids is 3. The van der Waals surface area contributed by atoms with Crippen LogP contribution in [0.15, 0.2) is 91.0 Å². The summed E-state index contributed by atoms with van der Waals surface area (Å²) in [7, 11) is 0. The smallest absolute Gasteiger partial charge is 0.233 e. The minimum atomic E-state index is -1.33. The van der Waals surface area contributed by atoms with Gasteiger partial charge in [0, 0.05) is 17.8 Å². The molecule has 1 heterocycles. The molecule has 1 aliphatic rings. The lowest BCUT2D eigenvalue weighted by Crippen LogP contribution is -2.77. The molecule has 0 aliphatic carbocycles. The molecule has 0 radical (unpaired) electrons. The van der Waals surface area contributed by atoms with Gasteiger partial charge in [-0.1, -0.05) is 343 Å². The summed E-state index contributed by atoms with van der Waals surface area (Å²) in [6.07, 6.45) is -3.16. The van der Waals surface area contributed by atoms with E-state index in [0.717, 1.165) is 16.7 Å². The van der Waals surface area contributed by atoms with Crippen molar-refractivity contribution >= 4 is 17.7 Å². The molecule has 114 heavy (non-hydrogen) atoms. The maximum atomic E-state index is 19.1. The van der Waals surface area contributed by atoms with Gasteiger partial charge in [-0.2, -0.15) is 0 Å². The van der Waals surface area contributed by atoms with Crippen molar-refractivity contribution in [2.75, 3.05) is 0 Å². The average molecular weight is 1570 g/mol. The monoisotopic (exact) mass is 1560 g/mol. The highest BCUT2D eigenvalue weighted by molar-refractivity contribution is 5.92. The second kappa shape index (κ2) is 31.8. The number of benzene rings is 6. The molecule has 7 rings (SSSR count). The Morgan fingerprint density at radius 2 is 0.404 bits per heavy atom. The lowest BCUT2D eigenvalue weighted by molar-refractivity contribution is -0.208. The highest BCUT2D eigenvalue weighted by atomic mass is 16.3. The Labute approximate surface area is 690 Å². The Morgan fingerprint density at radius 3 is 0.544 bits per heavy atom. The van der Waals surface area contributed by atoms with Crippen LogP contribution in [0.4, 0.5) is 0 Å². The number of hydrogen-bond acceptors (Lipinski definition) is 9. The van der Waals surface area contributed by atoms with Crippen LogP contribution < -0.4 is 0 Å². The van der Waals surface area contributed by atoms with E-state index in [4.69, 9.17) is 0 Å².